The van der Waals surface area contributed by atoms with Gasteiger partial charge in [-0.15, -0.1) is 0 Å². The van der Waals surface area contributed by atoms with Gasteiger partial charge < -0.3 is 16.0 Å². The Morgan fingerprint density at radius 3 is 2.14 bits per heavy atom. The lowest BCUT2D eigenvalue weighted by Crippen LogP contribution is -2.17. The molecular formula is C18H17F3N4O4. The van der Waals surface area contributed by atoms with Gasteiger partial charge in [-0.2, -0.15) is 13.2 Å². The van der Waals surface area contributed by atoms with Gasteiger partial charge in [0.05, 0.1) is 10.5 Å². The molecule has 0 aliphatic rings. The van der Waals surface area contributed by atoms with Crippen LogP contribution in [0.4, 0.5) is 35.9 Å². The first-order valence-electron chi connectivity index (χ1n) is 8.33. The molecule has 8 nitrogen and oxygen atoms in total. The lowest BCUT2D eigenvalue weighted by atomic mass is 10.1. The fraction of sp³-hybridized carbons (Fsp3) is 0.222. The second-order valence-electron chi connectivity index (χ2n) is 5.97. The number of amides is 2. The topological polar surface area (TPSA) is 113 Å². The summed E-state index contributed by atoms with van der Waals surface area (Å²) in [5, 5.41) is 18.8. The van der Waals surface area contributed by atoms with Crippen LogP contribution >= 0.6 is 0 Å². The van der Waals surface area contributed by atoms with E-state index < -0.39 is 28.3 Å². The molecule has 0 radical (unpaired) electrons. The van der Waals surface area contributed by atoms with E-state index in [-0.39, 0.29) is 24.6 Å². The number of halogens is 3. The van der Waals surface area contributed by atoms with Crippen molar-refractivity contribution in [2.24, 2.45) is 0 Å². The monoisotopic (exact) mass is 410 g/mol. The molecular weight excluding hydrogens is 393 g/mol. The van der Waals surface area contributed by atoms with Crippen molar-refractivity contribution in [1.29, 1.82) is 0 Å². The Hall–Kier alpha value is -3.63. The van der Waals surface area contributed by atoms with Gasteiger partial charge >= 0.3 is 6.18 Å². The Bertz CT molecular complexity index is 914. The average molecular weight is 410 g/mol. The zero-order valence-electron chi connectivity index (χ0n) is 15.2. The largest absolute Gasteiger partial charge is 0.416 e. The van der Waals surface area contributed by atoms with Gasteiger partial charge in [-0.25, -0.2) is 0 Å². The first-order valence-corrected chi connectivity index (χ1v) is 8.33. The number of nitro benzene ring substituents is 1. The van der Waals surface area contributed by atoms with E-state index in [0.29, 0.717) is 17.4 Å². The highest BCUT2D eigenvalue weighted by atomic mass is 19.4. The molecule has 2 amide bonds. The van der Waals surface area contributed by atoms with E-state index in [4.69, 9.17) is 0 Å². The summed E-state index contributed by atoms with van der Waals surface area (Å²) in [5.41, 5.74) is -0.934. The van der Waals surface area contributed by atoms with Crippen molar-refractivity contribution in [3.8, 4) is 0 Å². The molecule has 0 unspecified atom stereocenters. The highest BCUT2D eigenvalue weighted by Gasteiger charge is 2.33. The standard InChI is InChI=1S/C18H17F3N4O4/c1-11(26)23-13-3-5-14(6-4-13)24-17(27)8-9-22-15-7-2-12(18(19,20)21)10-16(15)25(28)29/h2-7,10,22H,8-9H2,1H3,(H,23,26)(H,24,27). The molecule has 0 saturated heterocycles. The molecule has 29 heavy (non-hydrogen) atoms. The Morgan fingerprint density at radius 1 is 1.03 bits per heavy atom. The summed E-state index contributed by atoms with van der Waals surface area (Å²) >= 11 is 0. The van der Waals surface area contributed by atoms with Crippen LogP contribution in [-0.4, -0.2) is 23.3 Å². The summed E-state index contributed by atoms with van der Waals surface area (Å²) in [7, 11) is 0. The van der Waals surface area contributed by atoms with Crippen molar-refractivity contribution in [3.63, 3.8) is 0 Å². The quantitative estimate of drug-likeness (QED) is 0.471. The number of anilines is 3. The van der Waals surface area contributed by atoms with Gasteiger partial charge in [0.2, 0.25) is 11.8 Å². The van der Waals surface area contributed by atoms with Crippen molar-refractivity contribution in [2.45, 2.75) is 19.5 Å². The van der Waals surface area contributed by atoms with E-state index in [1.165, 1.54) is 6.92 Å². The molecule has 0 fully saturated rings. The molecule has 2 aromatic rings. The van der Waals surface area contributed by atoms with Crippen LogP contribution in [0.2, 0.25) is 0 Å². The van der Waals surface area contributed by atoms with E-state index >= 15 is 0 Å². The minimum atomic E-state index is -4.70. The predicted octanol–water partition coefficient (Wildman–Crippen LogP) is 4.01. The maximum absolute atomic E-state index is 12.7. The van der Waals surface area contributed by atoms with Crippen LogP contribution in [-0.2, 0) is 15.8 Å². The molecule has 0 saturated carbocycles. The highest BCUT2D eigenvalue weighted by molar-refractivity contribution is 5.92. The van der Waals surface area contributed by atoms with Crippen LogP contribution < -0.4 is 16.0 Å². The maximum Gasteiger partial charge on any atom is 0.416 e. The van der Waals surface area contributed by atoms with Crippen LogP contribution in [0, 0.1) is 10.1 Å². The van der Waals surface area contributed by atoms with Crippen molar-refractivity contribution in [2.75, 3.05) is 22.5 Å². The number of hydrogen-bond donors (Lipinski definition) is 3. The summed E-state index contributed by atoms with van der Waals surface area (Å²) in [6.07, 6.45) is -4.77. The number of alkyl halides is 3. The summed E-state index contributed by atoms with van der Waals surface area (Å²) in [4.78, 5) is 33.0. The molecule has 0 heterocycles. The molecule has 3 N–H and O–H groups in total. The Balaban J connectivity index is 1.93. The third-order valence-electron chi connectivity index (χ3n) is 3.68. The predicted molar refractivity (Wildman–Crippen MR) is 101 cm³/mol. The molecule has 0 aliphatic carbocycles. The normalized spacial score (nSPS) is 10.9. The van der Waals surface area contributed by atoms with E-state index in [0.717, 1.165) is 12.1 Å². The van der Waals surface area contributed by atoms with Gasteiger partial charge in [-0.3, -0.25) is 19.7 Å². The molecule has 154 valence electrons. The fourth-order valence-electron chi connectivity index (χ4n) is 2.38. The molecule has 0 bridgehead atoms. The number of hydrogen-bond acceptors (Lipinski definition) is 5. The van der Waals surface area contributed by atoms with Crippen LogP contribution in [0.5, 0.6) is 0 Å². The third-order valence-corrected chi connectivity index (χ3v) is 3.68. The number of nitro groups is 1. The molecule has 11 heteroatoms. The molecule has 0 atom stereocenters. The van der Waals surface area contributed by atoms with Gasteiger partial charge in [0.1, 0.15) is 5.69 Å². The van der Waals surface area contributed by atoms with E-state index in [2.05, 4.69) is 16.0 Å². The first kappa shape index (κ1) is 21.7. The summed E-state index contributed by atoms with van der Waals surface area (Å²) in [6, 6.07) is 8.49. The molecule has 0 aromatic heterocycles. The number of rotatable bonds is 7. The van der Waals surface area contributed by atoms with Crippen LogP contribution in [0.25, 0.3) is 0 Å². The number of nitrogens with one attached hydrogen (secondary N) is 3. The third kappa shape index (κ3) is 6.48. The molecule has 0 aliphatic heterocycles. The number of benzene rings is 2. The zero-order chi connectivity index (χ0) is 21.6. The number of carbonyl (C=O) groups is 2. The van der Waals surface area contributed by atoms with Crippen LogP contribution in [0.15, 0.2) is 42.5 Å². The van der Waals surface area contributed by atoms with Crippen molar-refractivity contribution < 1.29 is 27.7 Å². The van der Waals surface area contributed by atoms with Gasteiger partial charge in [0, 0.05) is 37.3 Å². The van der Waals surface area contributed by atoms with Crippen molar-refractivity contribution in [1.82, 2.24) is 0 Å². The Labute approximate surface area is 163 Å². The number of nitrogens with zero attached hydrogens (tertiary/aromatic N) is 1. The van der Waals surface area contributed by atoms with E-state index in [1.807, 2.05) is 0 Å². The highest BCUT2D eigenvalue weighted by Crippen LogP contribution is 2.34. The molecule has 2 rings (SSSR count). The average Bonchev–Trinajstić information content (AvgIpc) is 2.62. The lowest BCUT2D eigenvalue weighted by Gasteiger charge is -2.11. The minimum absolute atomic E-state index is 0.0258. The number of carbonyl (C=O) groups excluding carboxylic acids is 2. The molecule has 0 spiro atoms. The summed E-state index contributed by atoms with van der Waals surface area (Å²) in [6.45, 7) is 1.34. The molecule has 2 aromatic carbocycles. The Kier molecular flexibility index (Phi) is 6.75. The van der Waals surface area contributed by atoms with Crippen molar-refractivity contribution >= 4 is 34.6 Å². The van der Waals surface area contributed by atoms with Crippen LogP contribution in [0.3, 0.4) is 0 Å². The summed E-state index contributed by atoms with van der Waals surface area (Å²) < 4.78 is 38.1. The SMILES string of the molecule is CC(=O)Nc1ccc(NC(=O)CCNc2ccc(C(F)(F)F)cc2[N+](=O)[O-])cc1. The van der Waals surface area contributed by atoms with Gasteiger partial charge in [-0.05, 0) is 36.4 Å². The zero-order valence-corrected chi connectivity index (χ0v) is 15.2. The van der Waals surface area contributed by atoms with E-state index in [1.54, 1.807) is 24.3 Å². The Morgan fingerprint density at radius 2 is 1.62 bits per heavy atom. The lowest BCUT2D eigenvalue weighted by molar-refractivity contribution is -0.384. The van der Waals surface area contributed by atoms with Crippen LogP contribution in [0.1, 0.15) is 18.9 Å². The smallest absolute Gasteiger partial charge is 0.379 e. The van der Waals surface area contributed by atoms with Gasteiger partial charge in [0.25, 0.3) is 5.69 Å². The maximum atomic E-state index is 12.7. The fourth-order valence-corrected chi connectivity index (χ4v) is 2.38. The van der Waals surface area contributed by atoms with E-state index in [9.17, 15) is 32.9 Å². The minimum Gasteiger partial charge on any atom is -0.379 e. The second kappa shape index (κ2) is 9.04. The second-order valence-corrected chi connectivity index (χ2v) is 5.97. The summed E-state index contributed by atoms with van der Waals surface area (Å²) in [5.74, 6) is -0.635. The first-order chi connectivity index (χ1) is 13.6. The van der Waals surface area contributed by atoms with Crippen molar-refractivity contribution in [3.05, 3.63) is 58.1 Å². The van der Waals surface area contributed by atoms with Gasteiger partial charge in [0.15, 0.2) is 0 Å². The van der Waals surface area contributed by atoms with Gasteiger partial charge in [-0.1, -0.05) is 0 Å².